The predicted molar refractivity (Wildman–Crippen MR) is 128 cm³/mol. The van der Waals surface area contributed by atoms with Crippen molar-refractivity contribution in [3.8, 4) is 0 Å². The molecule has 0 spiro atoms. The fraction of sp³-hybridized carbons (Fsp3) is 0.391. The molecule has 0 saturated carbocycles. The summed E-state index contributed by atoms with van der Waals surface area (Å²) in [5.74, 6) is -1.48. The Morgan fingerprint density at radius 1 is 1.00 bits per heavy atom. The summed E-state index contributed by atoms with van der Waals surface area (Å²) in [7, 11) is -0.671. The average Bonchev–Trinajstić information content (AvgIpc) is 3.03. The van der Waals surface area contributed by atoms with Gasteiger partial charge in [-0.25, -0.2) is 17.6 Å². The van der Waals surface area contributed by atoms with E-state index in [1.54, 1.807) is 32.3 Å². The second-order valence-corrected chi connectivity index (χ2v) is 10.4. The third-order valence-electron chi connectivity index (χ3n) is 6.24. The molecule has 4 rings (SSSR count). The van der Waals surface area contributed by atoms with Crippen molar-refractivity contribution in [1.29, 1.82) is 0 Å². The van der Waals surface area contributed by atoms with Crippen molar-refractivity contribution in [2.45, 2.75) is 4.90 Å². The maximum absolute atomic E-state index is 14.0. The number of carbonyl (C=O) groups excluding carboxylic acids is 1. The number of nitrogens with one attached hydrogen (secondary N) is 1. The quantitative estimate of drug-likeness (QED) is 0.526. The molecule has 1 N–H and O–H groups in total. The lowest BCUT2D eigenvalue weighted by Gasteiger charge is -2.36. The highest BCUT2D eigenvalue weighted by Gasteiger charge is 2.22. The molecule has 182 valence electrons. The molecule has 0 atom stereocenters. The van der Waals surface area contributed by atoms with Gasteiger partial charge in [0.25, 0.3) is 0 Å². The lowest BCUT2D eigenvalue weighted by Crippen LogP contribution is -2.49. The predicted octanol–water partition coefficient (Wildman–Crippen LogP) is 0.728. The van der Waals surface area contributed by atoms with E-state index < -0.39 is 21.5 Å². The van der Waals surface area contributed by atoms with Crippen LogP contribution in [0.4, 0.5) is 10.1 Å². The Morgan fingerprint density at radius 3 is 2.38 bits per heavy atom. The van der Waals surface area contributed by atoms with Crippen LogP contribution < -0.4 is 15.9 Å². The van der Waals surface area contributed by atoms with Crippen molar-refractivity contribution in [3.63, 3.8) is 0 Å². The van der Waals surface area contributed by atoms with Gasteiger partial charge in [0.2, 0.25) is 5.91 Å². The van der Waals surface area contributed by atoms with Gasteiger partial charge >= 0.3 is 5.69 Å². The van der Waals surface area contributed by atoms with Crippen molar-refractivity contribution < 1.29 is 17.6 Å². The summed E-state index contributed by atoms with van der Waals surface area (Å²) in [5.41, 5.74) is 1.45. The highest BCUT2D eigenvalue weighted by atomic mass is 32.2. The summed E-state index contributed by atoms with van der Waals surface area (Å²) < 4.78 is 42.3. The molecular formula is C23H28FN5O4S. The molecule has 1 aliphatic heterocycles. The number of amides is 1. The minimum absolute atomic E-state index is 0.000570. The van der Waals surface area contributed by atoms with E-state index in [2.05, 4.69) is 10.2 Å². The van der Waals surface area contributed by atoms with Crippen LogP contribution in [0.2, 0.25) is 0 Å². The molecule has 0 aliphatic carbocycles. The van der Waals surface area contributed by atoms with E-state index in [1.165, 1.54) is 27.3 Å². The second-order valence-electron chi connectivity index (χ2n) is 8.44. The topological polar surface area (TPSA) is 96.6 Å². The fourth-order valence-corrected chi connectivity index (χ4v) is 5.44. The van der Waals surface area contributed by atoms with E-state index in [9.17, 15) is 22.4 Å². The SMILES string of the molecule is Cn1c(=O)n(C)c2cc(S(=O)(=O)CC(=O)NCCN3CCN(c4ccccc4F)CC3)ccc21. The lowest BCUT2D eigenvalue weighted by atomic mass is 10.2. The molecule has 34 heavy (non-hydrogen) atoms. The molecule has 1 amide bonds. The third kappa shape index (κ3) is 4.85. The molecular weight excluding hydrogens is 461 g/mol. The van der Waals surface area contributed by atoms with Crippen LogP contribution >= 0.6 is 0 Å². The second kappa shape index (κ2) is 9.59. The lowest BCUT2D eigenvalue weighted by molar-refractivity contribution is -0.118. The molecule has 3 aromatic rings. The molecule has 1 aliphatic rings. The van der Waals surface area contributed by atoms with Gasteiger partial charge in [-0.2, -0.15) is 0 Å². The molecule has 11 heteroatoms. The third-order valence-corrected chi connectivity index (χ3v) is 7.85. The maximum Gasteiger partial charge on any atom is 0.328 e. The minimum atomic E-state index is -3.86. The van der Waals surface area contributed by atoms with E-state index in [4.69, 9.17) is 0 Å². The summed E-state index contributed by atoms with van der Waals surface area (Å²) in [6.07, 6.45) is 0. The van der Waals surface area contributed by atoms with Gasteiger partial charge in [-0.05, 0) is 30.3 Å². The van der Waals surface area contributed by atoms with Crippen molar-refractivity contribution in [2.24, 2.45) is 14.1 Å². The van der Waals surface area contributed by atoms with Gasteiger partial charge in [-0.15, -0.1) is 0 Å². The van der Waals surface area contributed by atoms with Gasteiger partial charge in [-0.1, -0.05) is 12.1 Å². The summed E-state index contributed by atoms with van der Waals surface area (Å²) in [6.45, 7) is 3.69. The molecule has 0 radical (unpaired) electrons. The first-order chi connectivity index (χ1) is 16.2. The number of carbonyl (C=O) groups is 1. The summed E-state index contributed by atoms with van der Waals surface area (Å²) in [4.78, 5) is 28.5. The Morgan fingerprint density at radius 2 is 1.68 bits per heavy atom. The number of para-hydroxylation sites is 1. The van der Waals surface area contributed by atoms with E-state index in [-0.39, 0.29) is 16.4 Å². The molecule has 1 aromatic heterocycles. The molecule has 2 aromatic carbocycles. The van der Waals surface area contributed by atoms with Gasteiger partial charge in [0.05, 0.1) is 21.6 Å². The first-order valence-electron chi connectivity index (χ1n) is 11.0. The summed E-state index contributed by atoms with van der Waals surface area (Å²) in [6, 6.07) is 11.1. The number of anilines is 1. The Labute approximate surface area is 197 Å². The fourth-order valence-electron chi connectivity index (χ4n) is 4.26. The Balaban J connectivity index is 1.28. The van der Waals surface area contributed by atoms with Gasteiger partial charge in [0, 0.05) is 53.4 Å². The van der Waals surface area contributed by atoms with Crippen LogP contribution in [-0.2, 0) is 28.7 Å². The first-order valence-corrected chi connectivity index (χ1v) is 12.7. The van der Waals surface area contributed by atoms with E-state index >= 15 is 0 Å². The van der Waals surface area contributed by atoms with E-state index in [0.717, 1.165) is 13.1 Å². The number of hydrogen-bond donors (Lipinski definition) is 1. The highest BCUT2D eigenvalue weighted by molar-refractivity contribution is 7.92. The number of piperazine rings is 1. The molecule has 1 fully saturated rings. The van der Waals surface area contributed by atoms with Gasteiger partial charge in [0.1, 0.15) is 11.6 Å². The number of aryl methyl sites for hydroxylation is 2. The number of rotatable bonds is 7. The van der Waals surface area contributed by atoms with Crippen LogP contribution in [0.1, 0.15) is 0 Å². The van der Waals surface area contributed by atoms with Crippen LogP contribution in [0.3, 0.4) is 0 Å². The number of sulfone groups is 1. The normalized spacial score (nSPS) is 15.1. The molecule has 9 nitrogen and oxygen atoms in total. The number of aromatic nitrogens is 2. The first kappa shape index (κ1) is 24.0. The van der Waals surface area contributed by atoms with E-state index in [0.29, 0.717) is 42.9 Å². The van der Waals surface area contributed by atoms with Crippen molar-refractivity contribution in [2.75, 3.05) is 49.9 Å². The monoisotopic (exact) mass is 489 g/mol. The minimum Gasteiger partial charge on any atom is -0.367 e. The molecule has 2 heterocycles. The van der Waals surface area contributed by atoms with Crippen molar-refractivity contribution in [1.82, 2.24) is 19.4 Å². The molecule has 0 unspecified atom stereocenters. The Kier molecular flexibility index (Phi) is 6.76. The standard InChI is InChI=1S/C23H28FN5O4S/c1-26-20-8-7-17(15-21(20)27(2)23(26)31)34(32,33)16-22(30)25-9-10-28-11-13-29(14-12-28)19-6-4-3-5-18(19)24/h3-8,15H,9-14,16H2,1-2H3,(H,25,30). The van der Waals surface area contributed by atoms with Crippen molar-refractivity contribution in [3.05, 3.63) is 58.8 Å². The number of imidazole rings is 1. The largest absolute Gasteiger partial charge is 0.367 e. The number of nitrogens with zero attached hydrogens (tertiary/aromatic N) is 4. The van der Waals surface area contributed by atoms with Crippen LogP contribution in [0, 0.1) is 5.82 Å². The summed E-state index contributed by atoms with van der Waals surface area (Å²) in [5, 5.41) is 2.68. The number of benzene rings is 2. The zero-order chi connectivity index (χ0) is 24.5. The zero-order valence-electron chi connectivity index (χ0n) is 19.2. The van der Waals surface area contributed by atoms with Crippen LogP contribution in [0.25, 0.3) is 11.0 Å². The number of fused-ring (bicyclic) bond motifs is 1. The van der Waals surface area contributed by atoms with Crippen LogP contribution in [0.15, 0.2) is 52.2 Å². The Bertz CT molecular complexity index is 1370. The summed E-state index contributed by atoms with van der Waals surface area (Å²) >= 11 is 0. The van der Waals surface area contributed by atoms with Gasteiger partial charge < -0.3 is 10.2 Å². The van der Waals surface area contributed by atoms with Gasteiger partial charge in [0.15, 0.2) is 9.84 Å². The molecule has 0 bridgehead atoms. The zero-order valence-corrected chi connectivity index (χ0v) is 20.0. The number of halogens is 1. The maximum atomic E-state index is 14.0. The van der Waals surface area contributed by atoms with Crippen molar-refractivity contribution >= 4 is 32.5 Å². The molecule has 1 saturated heterocycles. The van der Waals surface area contributed by atoms with Crippen LogP contribution in [0.5, 0.6) is 0 Å². The smallest absolute Gasteiger partial charge is 0.328 e. The Hall–Kier alpha value is -3.18. The van der Waals surface area contributed by atoms with Gasteiger partial charge in [-0.3, -0.25) is 18.8 Å². The average molecular weight is 490 g/mol. The highest BCUT2D eigenvalue weighted by Crippen LogP contribution is 2.20. The number of hydrogen-bond acceptors (Lipinski definition) is 6. The van der Waals surface area contributed by atoms with E-state index in [1.807, 2.05) is 11.0 Å². The van der Waals surface area contributed by atoms with Crippen LogP contribution in [-0.4, -0.2) is 73.4 Å².